The van der Waals surface area contributed by atoms with Crippen LogP contribution in [0.15, 0.2) is 97.1 Å². The quantitative estimate of drug-likeness (QED) is 0.225. The zero-order valence-electron chi connectivity index (χ0n) is 22.4. The van der Waals surface area contributed by atoms with E-state index in [1.165, 1.54) is 11.1 Å². The third-order valence-corrected chi connectivity index (χ3v) is 6.29. The number of ether oxygens (including phenoxy) is 2. The lowest BCUT2D eigenvalue weighted by atomic mass is 10.0. The first-order valence-electron chi connectivity index (χ1n) is 13.2. The van der Waals surface area contributed by atoms with Gasteiger partial charge in [0.2, 0.25) is 0 Å². The number of amides is 2. The highest BCUT2D eigenvalue weighted by molar-refractivity contribution is 5.92. The molecule has 0 bridgehead atoms. The van der Waals surface area contributed by atoms with E-state index in [1.807, 2.05) is 97.1 Å². The van der Waals surface area contributed by atoms with Gasteiger partial charge < -0.3 is 20.1 Å². The van der Waals surface area contributed by atoms with Gasteiger partial charge in [-0.25, -0.2) is 0 Å². The van der Waals surface area contributed by atoms with Crippen molar-refractivity contribution in [1.29, 1.82) is 0 Å². The van der Waals surface area contributed by atoms with E-state index in [9.17, 15) is 9.59 Å². The molecule has 0 aliphatic heterocycles. The second-order valence-corrected chi connectivity index (χ2v) is 9.24. The monoisotopic (exact) mass is 522 g/mol. The molecule has 4 rings (SSSR count). The number of rotatable bonds is 12. The molecule has 0 aliphatic carbocycles. The number of anilines is 2. The van der Waals surface area contributed by atoms with Crippen molar-refractivity contribution in [2.45, 2.75) is 33.1 Å². The van der Waals surface area contributed by atoms with E-state index < -0.39 is 0 Å². The molecule has 2 amide bonds. The Morgan fingerprint density at radius 2 is 0.846 bits per heavy atom. The maximum Gasteiger partial charge on any atom is 0.262 e. The molecule has 0 radical (unpaired) electrons. The molecule has 0 unspecified atom stereocenters. The molecule has 39 heavy (non-hydrogen) atoms. The topological polar surface area (TPSA) is 76.7 Å². The van der Waals surface area contributed by atoms with Gasteiger partial charge >= 0.3 is 0 Å². The normalized spacial score (nSPS) is 10.5. The van der Waals surface area contributed by atoms with E-state index in [1.54, 1.807) is 0 Å². The first-order valence-corrected chi connectivity index (χ1v) is 13.2. The minimum Gasteiger partial charge on any atom is -0.484 e. The van der Waals surface area contributed by atoms with Crippen LogP contribution in [0, 0.1) is 0 Å². The van der Waals surface area contributed by atoms with Gasteiger partial charge in [0, 0.05) is 11.4 Å². The van der Waals surface area contributed by atoms with E-state index in [4.69, 9.17) is 9.47 Å². The van der Waals surface area contributed by atoms with Gasteiger partial charge in [0.15, 0.2) is 13.2 Å². The first kappa shape index (κ1) is 27.5. The molecule has 6 nitrogen and oxygen atoms in total. The van der Waals surface area contributed by atoms with E-state index >= 15 is 0 Å². The van der Waals surface area contributed by atoms with E-state index in [2.05, 4.69) is 24.5 Å². The van der Waals surface area contributed by atoms with Crippen molar-refractivity contribution in [2.24, 2.45) is 0 Å². The van der Waals surface area contributed by atoms with Crippen molar-refractivity contribution in [2.75, 3.05) is 23.8 Å². The highest BCUT2D eigenvalue weighted by Gasteiger charge is 2.07. The smallest absolute Gasteiger partial charge is 0.262 e. The van der Waals surface area contributed by atoms with E-state index in [-0.39, 0.29) is 25.0 Å². The first-order chi connectivity index (χ1) is 19.0. The number of carbonyl (C=O) groups excluding carboxylic acids is 2. The summed E-state index contributed by atoms with van der Waals surface area (Å²) in [5, 5.41) is 5.73. The maximum atomic E-state index is 12.3. The third kappa shape index (κ3) is 8.75. The molecule has 0 aliphatic rings. The van der Waals surface area contributed by atoms with Crippen molar-refractivity contribution in [1.82, 2.24) is 0 Å². The predicted molar refractivity (Wildman–Crippen MR) is 156 cm³/mol. The van der Waals surface area contributed by atoms with Gasteiger partial charge in [0.05, 0.1) is 0 Å². The van der Waals surface area contributed by atoms with Crippen molar-refractivity contribution in [3.8, 4) is 11.5 Å². The summed E-state index contributed by atoms with van der Waals surface area (Å²) in [5.74, 6) is 0.933. The summed E-state index contributed by atoms with van der Waals surface area (Å²) in [4.78, 5) is 24.5. The minimum atomic E-state index is -0.209. The van der Waals surface area contributed by atoms with Crippen molar-refractivity contribution >= 4 is 23.2 Å². The summed E-state index contributed by atoms with van der Waals surface area (Å²) in [6.45, 7) is 4.10. The summed E-state index contributed by atoms with van der Waals surface area (Å²) in [7, 11) is 0. The van der Waals surface area contributed by atoms with Crippen LogP contribution in [-0.2, 0) is 28.9 Å². The van der Waals surface area contributed by atoms with Gasteiger partial charge in [-0.3, -0.25) is 9.59 Å². The number of benzene rings is 4. The number of carbonyl (C=O) groups is 2. The second kappa shape index (κ2) is 13.8. The molecule has 6 heteroatoms. The molecule has 0 saturated heterocycles. The van der Waals surface area contributed by atoms with Gasteiger partial charge in [-0.1, -0.05) is 62.4 Å². The maximum absolute atomic E-state index is 12.3. The summed E-state index contributed by atoms with van der Waals surface area (Å²) in [6, 6.07) is 31.0. The molecular formula is C33H34N2O4. The molecule has 0 aromatic heterocycles. The highest BCUT2D eigenvalue weighted by atomic mass is 16.5. The van der Waals surface area contributed by atoms with Crippen LogP contribution in [0.4, 0.5) is 11.4 Å². The highest BCUT2D eigenvalue weighted by Crippen LogP contribution is 2.17. The lowest BCUT2D eigenvalue weighted by molar-refractivity contribution is -0.118. The van der Waals surface area contributed by atoms with Crippen LogP contribution in [0.2, 0.25) is 0 Å². The Hall–Kier alpha value is -4.58. The Kier molecular flexibility index (Phi) is 9.73. The fourth-order valence-corrected chi connectivity index (χ4v) is 3.98. The zero-order valence-corrected chi connectivity index (χ0v) is 22.4. The van der Waals surface area contributed by atoms with Crippen LogP contribution in [0.5, 0.6) is 11.5 Å². The van der Waals surface area contributed by atoms with Crippen LogP contribution in [0.25, 0.3) is 0 Å². The van der Waals surface area contributed by atoms with Crippen LogP contribution in [-0.4, -0.2) is 25.0 Å². The predicted octanol–water partition coefficient (Wildman–Crippen LogP) is 6.44. The Morgan fingerprint density at radius 1 is 0.513 bits per heavy atom. The minimum absolute atomic E-state index is 0.0473. The molecule has 2 N–H and O–H groups in total. The largest absolute Gasteiger partial charge is 0.484 e. The molecule has 0 heterocycles. The molecule has 0 saturated carbocycles. The number of aryl methyl sites for hydroxylation is 2. The fourth-order valence-electron chi connectivity index (χ4n) is 3.98. The third-order valence-electron chi connectivity index (χ3n) is 6.29. The average Bonchev–Trinajstić information content (AvgIpc) is 2.97. The second-order valence-electron chi connectivity index (χ2n) is 9.24. The fraction of sp³-hybridized carbons (Fsp3) is 0.212. The standard InChI is InChI=1S/C33H34N2O4/c1-3-24-9-17-30(18-10-24)38-22-32(36)34-28-13-5-26(6-14-28)21-27-7-15-29(16-8-27)35-33(37)23-39-31-19-11-25(4-2)12-20-31/h5-20H,3-4,21-23H2,1-2H3,(H,34,36)(H,35,37). The summed E-state index contributed by atoms with van der Waals surface area (Å²) in [6.07, 6.45) is 2.66. The van der Waals surface area contributed by atoms with E-state index in [0.29, 0.717) is 11.5 Å². The Labute approximate surface area is 230 Å². The Bertz CT molecular complexity index is 1240. The van der Waals surface area contributed by atoms with Gasteiger partial charge in [-0.05, 0) is 90.0 Å². The lowest BCUT2D eigenvalue weighted by Crippen LogP contribution is -2.20. The zero-order chi connectivity index (χ0) is 27.5. The SMILES string of the molecule is CCc1ccc(OCC(=O)Nc2ccc(Cc3ccc(NC(=O)COc4ccc(CC)cc4)cc3)cc2)cc1. The van der Waals surface area contributed by atoms with Gasteiger partial charge in [0.1, 0.15) is 11.5 Å². The van der Waals surface area contributed by atoms with Crippen LogP contribution >= 0.6 is 0 Å². The molecule has 4 aromatic carbocycles. The summed E-state index contributed by atoms with van der Waals surface area (Å²) < 4.78 is 11.1. The van der Waals surface area contributed by atoms with Crippen molar-refractivity contribution < 1.29 is 19.1 Å². The molecule has 0 fully saturated rings. The van der Waals surface area contributed by atoms with Crippen LogP contribution in [0.3, 0.4) is 0 Å². The number of nitrogens with one attached hydrogen (secondary N) is 2. The Balaban J connectivity index is 1.20. The van der Waals surface area contributed by atoms with Gasteiger partial charge in [0.25, 0.3) is 11.8 Å². The molecule has 0 spiro atoms. The van der Waals surface area contributed by atoms with Gasteiger partial charge in [-0.15, -0.1) is 0 Å². The van der Waals surface area contributed by atoms with Crippen LogP contribution in [0.1, 0.15) is 36.1 Å². The molecule has 4 aromatic rings. The number of hydrogen-bond donors (Lipinski definition) is 2. The molecular weight excluding hydrogens is 488 g/mol. The Morgan fingerprint density at radius 3 is 1.18 bits per heavy atom. The van der Waals surface area contributed by atoms with Crippen molar-refractivity contribution in [3.05, 3.63) is 119 Å². The molecule has 200 valence electrons. The van der Waals surface area contributed by atoms with Gasteiger partial charge in [-0.2, -0.15) is 0 Å². The van der Waals surface area contributed by atoms with Crippen LogP contribution < -0.4 is 20.1 Å². The lowest BCUT2D eigenvalue weighted by Gasteiger charge is -2.10. The number of hydrogen-bond acceptors (Lipinski definition) is 4. The average molecular weight is 523 g/mol. The summed E-state index contributed by atoms with van der Waals surface area (Å²) in [5.41, 5.74) is 6.11. The van der Waals surface area contributed by atoms with Crippen molar-refractivity contribution in [3.63, 3.8) is 0 Å². The van der Waals surface area contributed by atoms with E-state index in [0.717, 1.165) is 41.8 Å². The molecule has 0 atom stereocenters. The summed E-state index contributed by atoms with van der Waals surface area (Å²) >= 11 is 0.